The molecule has 0 aliphatic carbocycles. The molecule has 0 fully saturated rings. The van der Waals surface area contributed by atoms with Crippen LogP contribution in [0.2, 0.25) is 0 Å². The Kier molecular flexibility index (Phi) is 4.03. The second-order valence-corrected chi connectivity index (χ2v) is 4.48. The number of aliphatic imine (C=N–C) groups is 1. The maximum Gasteiger partial charge on any atom is 0.240 e. The first-order valence-electron chi connectivity index (χ1n) is 5.26. The standard InChI is InChI=1S/C14H11NOS/c16-11-15-14-9-2-1-5-12(14)6-3-7-13-8-4-10-17-13/h1-6,8-10H,7H2/b6-3+. The fourth-order valence-corrected chi connectivity index (χ4v) is 2.19. The van der Waals surface area contributed by atoms with Crippen molar-refractivity contribution in [1.82, 2.24) is 0 Å². The Labute approximate surface area is 104 Å². The Hall–Kier alpha value is -1.96. The van der Waals surface area contributed by atoms with Gasteiger partial charge in [0.15, 0.2) is 0 Å². The van der Waals surface area contributed by atoms with Gasteiger partial charge in [0.2, 0.25) is 6.08 Å². The summed E-state index contributed by atoms with van der Waals surface area (Å²) in [7, 11) is 0. The van der Waals surface area contributed by atoms with Gasteiger partial charge in [-0.3, -0.25) is 0 Å². The molecule has 0 aliphatic heterocycles. The SMILES string of the molecule is O=C=Nc1ccccc1/C=C/Cc1cccs1. The highest BCUT2D eigenvalue weighted by atomic mass is 32.1. The topological polar surface area (TPSA) is 29.4 Å². The van der Waals surface area contributed by atoms with E-state index in [1.807, 2.05) is 30.3 Å². The van der Waals surface area contributed by atoms with Gasteiger partial charge in [0.05, 0.1) is 5.69 Å². The maximum atomic E-state index is 10.3. The van der Waals surface area contributed by atoms with Crippen molar-refractivity contribution in [3.8, 4) is 0 Å². The third-order valence-electron chi connectivity index (χ3n) is 2.30. The van der Waals surface area contributed by atoms with E-state index < -0.39 is 0 Å². The van der Waals surface area contributed by atoms with Gasteiger partial charge < -0.3 is 0 Å². The lowest BCUT2D eigenvalue weighted by atomic mass is 10.1. The van der Waals surface area contributed by atoms with Crippen LogP contribution in [0.3, 0.4) is 0 Å². The lowest BCUT2D eigenvalue weighted by Gasteiger charge is -1.97. The third kappa shape index (κ3) is 3.25. The lowest BCUT2D eigenvalue weighted by molar-refractivity contribution is 0.565. The Morgan fingerprint density at radius 2 is 2.12 bits per heavy atom. The van der Waals surface area contributed by atoms with E-state index in [2.05, 4.69) is 22.5 Å². The molecule has 1 heterocycles. The first-order chi connectivity index (χ1) is 8.40. The van der Waals surface area contributed by atoms with E-state index in [9.17, 15) is 4.79 Å². The van der Waals surface area contributed by atoms with E-state index in [-0.39, 0.29) is 0 Å². The lowest BCUT2D eigenvalue weighted by Crippen LogP contribution is -1.75. The fourth-order valence-electron chi connectivity index (χ4n) is 1.51. The van der Waals surface area contributed by atoms with Crippen molar-refractivity contribution in [3.05, 3.63) is 58.3 Å². The van der Waals surface area contributed by atoms with Crippen LogP contribution >= 0.6 is 11.3 Å². The van der Waals surface area contributed by atoms with Gasteiger partial charge in [-0.25, -0.2) is 4.79 Å². The van der Waals surface area contributed by atoms with Crippen molar-refractivity contribution in [1.29, 1.82) is 0 Å². The van der Waals surface area contributed by atoms with Crippen LogP contribution in [-0.4, -0.2) is 6.08 Å². The van der Waals surface area contributed by atoms with Gasteiger partial charge in [-0.1, -0.05) is 36.4 Å². The molecule has 2 aromatic rings. The molecule has 84 valence electrons. The summed E-state index contributed by atoms with van der Waals surface area (Å²) in [4.78, 5) is 15.3. The van der Waals surface area contributed by atoms with Gasteiger partial charge in [-0.15, -0.1) is 11.3 Å². The quantitative estimate of drug-likeness (QED) is 0.588. The largest absolute Gasteiger partial charge is 0.240 e. The number of benzene rings is 1. The number of para-hydroxylation sites is 1. The summed E-state index contributed by atoms with van der Waals surface area (Å²) in [6.07, 6.45) is 6.53. The number of carbonyl (C=O) groups excluding carboxylic acids is 1. The minimum Gasteiger partial charge on any atom is -0.211 e. The number of hydrogen-bond acceptors (Lipinski definition) is 3. The smallest absolute Gasteiger partial charge is 0.211 e. The Bertz CT molecular complexity index is 551. The van der Waals surface area contributed by atoms with Crippen molar-refractivity contribution in [2.24, 2.45) is 4.99 Å². The molecule has 17 heavy (non-hydrogen) atoms. The monoisotopic (exact) mass is 241 g/mol. The predicted octanol–water partition coefficient (Wildman–Crippen LogP) is 3.97. The average molecular weight is 241 g/mol. The molecule has 0 aliphatic rings. The summed E-state index contributed by atoms with van der Waals surface area (Å²) in [5, 5.41) is 2.06. The van der Waals surface area contributed by atoms with E-state index in [1.54, 1.807) is 23.5 Å². The number of rotatable bonds is 4. The zero-order valence-electron chi connectivity index (χ0n) is 9.17. The van der Waals surface area contributed by atoms with Gasteiger partial charge in [0, 0.05) is 16.9 Å². The Balaban J connectivity index is 2.12. The summed E-state index contributed by atoms with van der Waals surface area (Å²) in [6, 6.07) is 11.7. The first-order valence-corrected chi connectivity index (χ1v) is 6.14. The first kappa shape index (κ1) is 11.5. The molecule has 0 amide bonds. The zero-order valence-corrected chi connectivity index (χ0v) is 9.98. The van der Waals surface area contributed by atoms with Crippen molar-refractivity contribution in [2.75, 3.05) is 0 Å². The van der Waals surface area contributed by atoms with Gasteiger partial charge in [0.25, 0.3) is 0 Å². The molecule has 2 rings (SSSR count). The fraction of sp³-hybridized carbons (Fsp3) is 0.0714. The molecule has 2 nitrogen and oxygen atoms in total. The minimum absolute atomic E-state index is 0.657. The molecule has 0 N–H and O–H groups in total. The molecular weight excluding hydrogens is 230 g/mol. The van der Waals surface area contributed by atoms with E-state index >= 15 is 0 Å². The van der Waals surface area contributed by atoms with Crippen LogP contribution in [0.1, 0.15) is 10.4 Å². The zero-order chi connectivity index (χ0) is 11.9. The van der Waals surface area contributed by atoms with Gasteiger partial charge in [-0.05, 0) is 17.5 Å². The van der Waals surface area contributed by atoms with Crippen LogP contribution in [-0.2, 0) is 11.2 Å². The van der Waals surface area contributed by atoms with Crippen LogP contribution in [0, 0.1) is 0 Å². The molecule has 0 atom stereocenters. The third-order valence-corrected chi connectivity index (χ3v) is 3.20. The Morgan fingerprint density at radius 1 is 1.24 bits per heavy atom. The number of nitrogens with zero attached hydrogens (tertiary/aromatic N) is 1. The van der Waals surface area contributed by atoms with Crippen molar-refractivity contribution in [2.45, 2.75) is 6.42 Å². The summed E-state index contributed by atoms with van der Waals surface area (Å²) >= 11 is 1.74. The molecule has 1 aromatic heterocycles. The molecule has 0 unspecified atom stereocenters. The minimum atomic E-state index is 0.657. The van der Waals surface area contributed by atoms with Crippen LogP contribution in [0.15, 0.2) is 52.8 Å². The normalized spacial score (nSPS) is 10.4. The highest BCUT2D eigenvalue weighted by molar-refractivity contribution is 7.09. The average Bonchev–Trinajstić information content (AvgIpc) is 2.85. The van der Waals surface area contributed by atoms with E-state index in [4.69, 9.17) is 0 Å². The van der Waals surface area contributed by atoms with Crippen LogP contribution in [0.5, 0.6) is 0 Å². The molecule has 0 spiro atoms. The van der Waals surface area contributed by atoms with E-state index in [0.717, 1.165) is 12.0 Å². The van der Waals surface area contributed by atoms with Gasteiger partial charge in [-0.2, -0.15) is 4.99 Å². The van der Waals surface area contributed by atoms with Crippen molar-refractivity contribution < 1.29 is 4.79 Å². The summed E-state index contributed by atoms with van der Waals surface area (Å²) in [5.74, 6) is 0. The molecule has 0 bridgehead atoms. The molecular formula is C14H11NOS. The van der Waals surface area contributed by atoms with Crippen molar-refractivity contribution >= 4 is 29.2 Å². The molecule has 0 saturated heterocycles. The van der Waals surface area contributed by atoms with E-state index in [0.29, 0.717) is 5.69 Å². The molecule has 0 radical (unpaired) electrons. The summed E-state index contributed by atoms with van der Waals surface area (Å²) < 4.78 is 0. The number of allylic oxidation sites excluding steroid dienone is 1. The number of hydrogen-bond donors (Lipinski definition) is 0. The second-order valence-electron chi connectivity index (χ2n) is 3.45. The number of thiophene rings is 1. The van der Waals surface area contributed by atoms with Crippen LogP contribution < -0.4 is 0 Å². The molecule has 0 saturated carbocycles. The van der Waals surface area contributed by atoms with Crippen LogP contribution in [0.4, 0.5) is 5.69 Å². The van der Waals surface area contributed by atoms with Crippen molar-refractivity contribution in [3.63, 3.8) is 0 Å². The molecule has 3 heteroatoms. The highest BCUT2D eigenvalue weighted by Crippen LogP contribution is 2.20. The van der Waals surface area contributed by atoms with Gasteiger partial charge >= 0.3 is 0 Å². The Morgan fingerprint density at radius 3 is 2.88 bits per heavy atom. The number of isocyanates is 1. The van der Waals surface area contributed by atoms with Gasteiger partial charge in [0.1, 0.15) is 0 Å². The maximum absolute atomic E-state index is 10.3. The highest BCUT2D eigenvalue weighted by Gasteiger charge is 1.95. The summed E-state index contributed by atoms with van der Waals surface area (Å²) in [5.41, 5.74) is 1.59. The second kappa shape index (κ2) is 5.94. The molecule has 1 aromatic carbocycles. The predicted molar refractivity (Wildman–Crippen MR) is 71.3 cm³/mol. The van der Waals surface area contributed by atoms with Crippen LogP contribution in [0.25, 0.3) is 6.08 Å². The van der Waals surface area contributed by atoms with E-state index in [1.165, 1.54) is 4.88 Å². The summed E-state index contributed by atoms with van der Waals surface area (Å²) in [6.45, 7) is 0.